The van der Waals surface area contributed by atoms with Crippen molar-refractivity contribution < 1.29 is 18.6 Å². The Balaban J connectivity index is 2.13. The minimum absolute atomic E-state index is 0.0839. The van der Waals surface area contributed by atoms with Crippen LogP contribution in [0.1, 0.15) is 23.1 Å². The molecule has 0 aliphatic carbocycles. The Bertz CT molecular complexity index is 854. The van der Waals surface area contributed by atoms with Crippen LogP contribution in [0.2, 0.25) is 0 Å². The number of nitrogens with zero attached hydrogens (tertiary/aromatic N) is 3. The third kappa shape index (κ3) is 3.04. The number of ether oxygens (including phenoxy) is 1. The molecular formula is C15H12BrF2N3O2. The van der Waals surface area contributed by atoms with Crippen molar-refractivity contribution in [2.75, 3.05) is 0 Å². The molecule has 0 radical (unpaired) electrons. The lowest BCUT2D eigenvalue weighted by molar-refractivity contribution is -0.0513. The van der Waals surface area contributed by atoms with Gasteiger partial charge in [-0.15, -0.1) is 0 Å². The number of fused-ring (bicyclic) bond motifs is 1. The van der Waals surface area contributed by atoms with Gasteiger partial charge in [-0.05, 0) is 41.1 Å². The maximum atomic E-state index is 12.6. The van der Waals surface area contributed by atoms with Crippen LogP contribution in [0, 0.1) is 6.92 Å². The van der Waals surface area contributed by atoms with Gasteiger partial charge in [0.1, 0.15) is 16.5 Å². The zero-order valence-electron chi connectivity index (χ0n) is 11.9. The van der Waals surface area contributed by atoms with Crippen molar-refractivity contribution >= 4 is 21.6 Å². The molecule has 1 aromatic carbocycles. The third-order valence-corrected chi connectivity index (χ3v) is 3.78. The number of benzene rings is 1. The van der Waals surface area contributed by atoms with Gasteiger partial charge in [0.2, 0.25) is 0 Å². The molecule has 1 N–H and O–H groups in total. The van der Waals surface area contributed by atoms with Gasteiger partial charge in [0, 0.05) is 5.56 Å². The first-order valence-corrected chi connectivity index (χ1v) is 7.50. The lowest BCUT2D eigenvalue weighted by atomic mass is 10.0. The fraction of sp³-hybridized carbons (Fsp3) is 0.200. The Morgan fingerprint density at radius 2 is 1.96 bits per heavy atom. The summed E-state index contributed by atoms with van der Waals surface area (Å²) in [5.41, 5.74) is 1.72. The molecule has 0 spiro atoms. The van der Waals surface area contributed by atoms with E-state index in [9.17, 15) is 13.9 Å². The number of aryl methyl sites for hydroxylation is 1. The molecule has 1 atom stereocenters. The SMILES string of the molecule is Cc1nc2ccc(Br)nn2c1C(O)c1ccccc1OC(F)F. The van der Waals surface area contributed by atoms with Gasteiger partial charge in [0.25, 0.3) is 0 Å². The summed E-state index contributed by atoms with van der Waals surface area (Å²) < 4.78 is 31.6. The number of imidazole rings is 1. The molecule has 0 saturated carbocycles. The van der Waals surface area contributed by atoms with Gasteiger partial charge in [0.15, 0.2) is 5.65 Å². The van der Waals surface area contributed by atoms with Gasteiger partial charge in [0.05, 0.1) is 11.4 Å². The molecule has 0 aliphatic rings. The fourth-order valence-corrected chi connectivity index (χ4v) is 2.70. The number of aromatic nitrogens is 3. The van der Waals surface area contributed by atoms with Crippen LogP contribution in [0.3, 0.4) is 0 Å². The molecule has 23 heavy (non-hydrogen) atoms. The van der Waals surface area contributed by atoms with E-state index in [-0.39, 0.29) is 11.3 Å². The van der Waals surface area contributed by atoms with Crippen molar-refractivity contribution in [3.8, 4) is 5.75 Å². The first-order chi connectivity index (χ1) is 11.0. The van der Waals surface area contributed by atoms with E-state index >= 15 is 0 Å². The third-order valence-electron chi connectivity index (χ3n) is 3.35. The highest BCUT2D eigenvalue weighted by Crippen LogP contribution is 2.32. The smallest absolute Gasteiger partial charge is 0.387 e. The van der Waals surface area contributed by atoms with Crippen LogP contribution in [0.4, 0.5) is 8.78 Å². The summed E-state index contributed by atoms with van der Waals surface area (Å²) in [5.74, 6) is -0.0839. The molecule has 2 heterocycles. The van der Waals surface area contributed by atoms with Crippen LogP contribution >= 0.6 is 15.9 Å². The van der Waals surface area contributed by atoms with E-state index in [1.165, 1.54) is 16.6 Å². The molecule has 2 aromatic heterocycles. The molecular weight excluding hydrogens is 372 g/mol. The van der Waals surface area contributed by atoms with E-state index in [0.29, 0.717) is 21.6 Å². The quantitative estimate of drug-likeness (QED) is 0.749. The van der Waals surface area contributed by atoms with Crippen LogP contribution in [-0.4, -0.2) is 26.3 Å². The van der Waals surface area contributed by atoms with E-state index in [0.717, 1.165) is 0 Å². The highest BCUT2D eigenvalue weighted by atomic mass is 79.9. The van der Waals surface area contributed by atoms with E-state index in [4.69, 9.17) is 0 Å². The Morgan fingerprint density at radius 3 is 2.70 bits per heavy atom. The minimum Gasteiger partial charge on any atom is -0.434 e. The monoisotopic (exact) mass is 383 g/mol. The van der Waals surface area contributed by atoms with Gasteiger partial charge in [-0.1, -0.05) is 18.2 Å². The van der Waals surface area contributed by atoms with Crippen LogP contribution in [-0.2, 0) is 0 Å². The fourth-order valence-electron chi connectivity index (χ4n) is 2.41. The zero-order chi connectivity index (χ0) is 16.6. The standard InChI is InChI=1S/C15H12BrF2N3O2/c1-8-13(21-12(19-8)7-6-11(16)20-21)14(22)9-4-2-3-5-10(9)23-15(17)18/h2-7,14-15,22H,1H3. The van der Waals surface area contributed by atoms with Crippen molar-refractivity contribution in [3.05, 3.63) is 58.0 Å². The summed E-state index contributed by atoms with van der Waals surface area (Å²) in [6.07, 6.45) is -1.21. The molecule has 0 fully saturated rings. The number of para-hydroxylation sites is 1. The molecule has 0 bridgehead atoms. The number of hydrogen-bond donors (Lipinski definition) is 1. The van der Waals surface area contributed by atoms with Gasteiger partial charge in [-0.2, -0.15) is 13.9 Å². The summed E-state index contributed by atoms with van der Waals surface area (Å²) in [7, 11) is 0. The maximum absolute atomic E-state index is 12.6. The molecule has 120 valence electrons. The van der Waals surface area contributed by atoms with Crippen molar-refractivity contribution in [1.29, 1.82) is 0 Å². The Hall–Kier alpha value is -2.06. The van der Waals surface area contributed by atoms with Crippen LogP contribution < -0.4 is 4.74 Å². The van der Waals surface area contributed by atoms with Crippen molar-refractivity contribution in [2.24, 2.45) is 0 Å². The molecule has 0 aliphatic heterocycles. The number of rotatable bonds is 4. The predicted molar refractivity (Wildman–Crippen MR) is 82.6 cm³/mol. The molecule has 0 amide bonds. The van der Waals surface area contributed by atoms with Crippen LogP contribution in [0.5, 0.6) is 5.75 Å². The largest absolute Gasteiger partial charge is 0.434 e. The first kappa shape index (κ1) is 15.8. The van der Waals surface area contributed by atoms with Gasteiger partial charge in [-0.25, -0.2) is 9.50 Å². The number of aliphatic hydroxyl groups is 1. The molecule has 0 saturated heterocycles. The maximum Gasteiger partial charge on any atom is 0.387 e. The van der Waals surface area contributed by atoms with E-state index in [1.807, 2.05) is 0 Å². The Labute approximate surface area is 138 Å². The molecule has 5 nitrogen and oxygen atoms in total. The number of alkyl halides is 2. The Kier molecular flexibility index (Phi) is 4.27. The summed E-state index contributed by atoms with van der Waals surface area (Å²) >= 11 is 3.26. The predicted octanol–water partition coefficient (Wildman–Crippen LogP) is 3.48. The zero-order valence-corrected chi connectivity index (χ0v) is 13.5. The second kappa shape index (κ2) is 6.21. The second-order valence-electron chi connectivity index (χ2n) is 4.83. The van der Waals surface area contributed by atoms with Gasteiger partial charge in [-0.3, -0.25) is 0 Å². The van der Waals surface area contributed by atoms with Gasteiger partial charge >= 0.3 is 6.61 Å². The van der Waals surface area contributed by atoms with Crippen molar-refractivity contribution in [1.82, 2.24) is 14.6 Å². The minimum atomic E-state index is -2.97. The molecule has 8 heteroatoms. The lowest BCUT2D eigenvalue weighted by Gasteiger charge is -2.16. The van der Waals surface area contributed by atoms with E-state index in [1.54, 1.807) is 31.2 Å². The molecule has 3 rings (SSSR count). The van der Waals surface area contributed by atoms with Gasteiger partial charge < -0.3 is 9.84 Å². The number of halogens is 3. The molecule has 1 unspecified atom stereocenters. The van der Waals surface area contributed by atoms with Crippen molar-refractivity contribution in [2.45, 2.75) is 19.6 Å². The van der Waals surface area contributed by atoms with Crippen LogP contribution in [0.25, 0.3) is 5.65 Å². The summed E-state index contributed by atoms with van der Waals surface area (Å²) in [4.78, 5) is 4.32. The topological polar surface area (TPSA) is 59.7 Å². The molecule has 3 aromatic rings. The van der Waals surface area contributed by atoms with Crippen LogP contribution in [0.15, 0.2) is 41.0 Å². The lowest BCUT2D eigenvalue weighted by Crippen LogP contribution is -2.11. The summed E-state index contributed by atoms with van der Waals surface area (Å²) in [5, 5.41) is 15.0. The number of aliphatic hydroxyl groups excluding tert-OH is 1. The first-order valence-electron chi connectivity index (χ1n) is 6.71. The normalized spacial score (nSPS) is 12.8. The Morgan fingerprint density at radius 1 is 1.22 bits per heavy atom. The second-order valence-corrected chi connectivity index (χ2v) is 5.64. The highest BCUT2D eigenvalue weighted by Gasteiger charge is 2.24. The highest BCUT2D eigenvalue weighted by molar-refractivity contribution is 9.10. The average molecular weight is 384 g/mol. The summed E-state index contributed by atoms with van der Waals surface area (Å²) in [6, 6.07) is 9.57. The summed E-state index contributed by atoms with van der Waals surface area (Å²) in [6.45, 7) is -1.25. The average Bonchev–Trinajstić information content (AvgIpc) is 2.81. The van der Waals surface area contributed by atoms with E-state index < -0.39 is 12.7 Å². The van der Waals surface area contributed by atoms with Crippen molar-refractivity contribution in [3.63, 3.8) is 0 Å². The number of hydrogen-bond acceptors (Lipinski definition) is 4. The van der Waals surface area contributed by atoms with E-state index in [2.05, 4.69) is 30.7 Å².